The number of ether oxygens (including phenoxy) is 2. The van der Waals surface area contributed by atoms with Gasteiger partial charge in [-0.2, -0.15) is 0 Å². The molecule has 0 bridgehead atoms. The van der Waals surface area contributed by atoms with Gasteiger partial charge < -0.3 is 9.47 Å². The molecule has 2 aromatic carbocycles. The number of carbonyl (C=O) groups is 2. The maximum atomic E-state index is 14.6. The summed E-state index contributed by atoms with van der Waals surface area (Å²) < 4.78 is 25.4. The van der Waals surface area contributed by atoms with E-state index in [0.717, 1.165) is 11.1 Å². The number of alkyl halides is 1. The Bertz CT molecular complexity index is 835. The predicted octanol–water partition coefficient (Wildman–Crippen LogP) is 4.53. The highest BCUT2D eigenvalue weighted by Crippen LogP contribution is 2.38. The number of thioether (sulfide) groups is 1. The van der Waals surface area contributed by atoms with Crippen LogP contribution in [0.4, 0.5) is 4.39 Å². The van der Waals surface area contributed by atoms with Crippen molar-refractivity contribution in [3.05, 3.63) is 70.8 Å². The van der Waals surface area contributed by atoms with Crippen molar-refractivity contribution in [3.63, 3.8) is 0 Å². The smallest absolute Gasteiger partial charge is 0.338 e. The van der Waals surface area contributed by atoms with Crippen LogP contribution < -0.4 is 0 Å². The number of carbonyl (C=O) groups excluding carboxylic acids is 2. The van der Waals surface area contributed by atoms with E-state index in [9.17, 15) is 14.0 Å². The van der Waals surface area contributed by atoms with Gasteiger partial charge in [-0.05, 0) is 38.1 Å². The van der Waals surface area contributed by atoms with E-state index in [2.05, 4.69) is 0 Å². The van der Waals surface area contributed by atoms with Gasteiger partial charge in [-0.1, -0.05) is 42.3 Å². The molecule has 0 amide bonds. The summed E-state index contributed by atoms with van der Waals surface area (Å²) in [6, 6.07) is 13.9. The van der Waals surface area contributed by atoms with Crippen LogP contribution in [0.2, 0.25) is 0 Å². The predicted molar refractivity (Wildman–Crippen MR) is 108 cm³/mol. The van der Waals surface area contributed by atoms with Gasteiger partial charge in [0.15, 0.2) is 0 Å². The van der Waals surface area contributed by atoms with Crippen LogP contribution in [0, 0.1) is 13.8 Å². The minimum Gasteiger partial charge on any atom is -0.461 e. The number of rotatable bonds is 5. The van der Waals surface area contributed by atoms with Gasteiger partial charge in [-0.25, -0.2) is 14.0 Å². The SMILES string of the molecule is Cc1ccc(C(=O)OC[C@H]2SC(C)[C@@H](F)[C@@H]2OC(=O)c2ccc(C)cc2)cc1. The molecule has 1 heterocycles. The van der Waals surface area contributed by atoms with E-state index in [0.29, 0.717) is 11.1 Å². The van der Waals surface area contributed by atoms with Crippen molar-refractivity contribution in [2.24, 2.45) is 0 Å². The summed E-state index contributed by atoms with van der Waals surface area (Å²) in [5.74, 6) is -1.05. The molecule has 0 N–H and O–H groups in total. The van der Waals surface area contributed by atoms with Crippen molar-refractivity contribution in [2.45, 2.75) is 43.5 Å². The quantitative estimate of drug-likeness (QED) is 0.688. The lowest BCUT2D eigenvalue weighted by molar-refractivity contribution is 0.00209. The second kappa shape index (κ2) is 8.78. The number of benzene rings is 2. The summed E-state index contributed by atoms with van der Waals surface area (Å²) in [5.41, 5.74) is 2.87. The molecule has 28 heavy (non-hydrogen) atoms. The monoisotopic (exact) mass is 402 g/mol. The third kappa shape index (κ3) is 4.73. The highest BCUT2D eigenvalue weighted by molar-refractivity contribution is 8.00. The molecule has 1 unspecified atom stereocenters. The number of hydrogen-bond donors (Lipinski definition) is 0. The fraction of sp³-hybridized carbons (Fsp3) is 0.364. The topological polar surface area (TPSA) is 52.6 Å². The zero-order chi connectivity index (χ0) is 20.3. The van der Waals surface area contributed by atoms with E-state index < -0.39 is 29.5 Å². The van der Waals surface area contributed by atoms with Gasteiger partial charge in [0.05, 0.1) is 16.4 Å². The van der Waals surface area contributed by atoms with Crippen LogP contribution in [0.1, 0.15) is 38.8 Å². The summed E-state index contributed by atoms with van der Waals surface area (Å²) in [6.07, 6.45) is -2.28. The minimum absolute atomic E-state index is 0.0199. The molecule has 1 aliphatic rings. The Labute approximate surface area is 168 Å². The van der Waals surface area contributed by atoms with Gasteiger partial charge >= 0.3 is 11.9 Å². The van der Waals surface area contributed by atoms with Gasteiger partial charge in [0, 0.05) is 5.25 Å². The Hall–Kier alpha value is -2.34. The molecule has 0 spiro atoms. The Morgan fingerprint density at radius 1 is 0.929 bits per heavy atom. The van der Waals surface area contributed by atoms with Crippen LogP contribution in [-0.2, 0) is 9.47 Å². The zero-order valence-corrected chi connectivity index (χ0v) is 16.9. The largest absolute Gasteiger partial charge is 0.461 e. The van der Waals surface area contributed by atoms with E-state index in [1.165, 1.54) is 11.8 Å². The first-order chi connectivity index (χ1) is 13.3. The van der Waals surface area contributed by atoms with Crippen LogP contribution in [0.25, 0.3) is 0 Å². The highest BCUT2D eigenvalue weighted by atomic mass is 32.2. The molecule has 1 saturated heterocycles. The van der Waals surface area contributed by atoms with E-state index in [1.807, 2.05) is 26.0 Å². The molecule has 1 fully saturated rings. The van der Waals surface area contributed by atoms with Crippen LogP contribution >= 0.6 is 11.8 Å². The number of hydrogen-bond acceptors (Lipinski definition) is 5. The van der Waals surface area contributed by atoms with Crippen LogP contribution in [0.3, 0.4) is 0 Å². The number of esters is 2. The second-order valence-electron chi connectivity index (χ2n) is 7.02. The molecule has 0 aliphatic carbocycles. The summed E-state index contributed by atoms with van der Waals surface area (Å²) in [4.78, 5) is 24.6. The molecule has 1 aliphatic heterocycles. The van der Waals surface area contributed by atoms with Gasteiger partial charge in [0.1, 0.15) is 18.9 Å². The molecule has 4 atom stereocenters. The van der Waals surface area contributed by atoms with Gasteiger partial charge in [0.2, 0.25) is 0 Å². The molecular formula is C22H23FO4S. The molecule has 0 radical (unpaired) electrons. The standard InChI is InChI=1S/C22H23FO4S/c1-13-4-8-16(9-5-13)21(24)26-12-18-20(19(23)15(3)28-18)27-22(25)17-10-6-14(2)7-11-17/h4-11,15,18-20H,12H2,1-3H3/t15?,18-,19-,20-/m1/s1. The highest BCUT2D eigenvalue weighted by Gasteiger charge is 2.45. The lowest BCUT2D eigenvalue weighted by Crippen LogP contribution is -2.36. The fourth-order valence-electron chi connectivity index (χ4n) is 2.99. The molecule has 0 saturated carbocycles. The van der Waals surface area contributed by atoms with Crippen molar-refractivity contribution in [1.82, 2.24) is 0 Å². The summed E-state index contributed by atoms with van der Waals surface area (Å²) in [6.45, 7) is 5.57. The van der Waals surface area contributed by atoms with Crippen LogP contribution in [0.15, 0.2) is 48.5 Å². The molecular weight excluding hydrogens is 379 g/mol. The van der Waals surface area contributed by atoms with Crippen LogP contribution in [-0.4, -0.2) is 41.3 Å². The van der Waals surface area contributed by atoms with E-state index >= 15 is 0 Å². The van der Waals surface area contributed by atoms with E-state index in [1.54, 1.807) is 43.3 Å². The molecule has 0 aromatic heterocycles. The van der Waals surface area contributed by atoms with Gasteiger partial charge in [-0.3, -0.25) is 0 Å². The van der Waals surface area contributed by atoms with E-state index in [-0.39, 0.29) is 11.9 Å². The van der Waals surface area contributed by atoms with Crippen molar-refractivity contribution in [1.29, 1.82) is 0 Å². The third-order valence-electron chi connectivity index (χ3n) is 4.71. The average molecular weight is 402 g/mol. The summed E-state index contributed by atoms with van der Waals surface area (Å²) in [5, 5.41) is -0.798. The molecule has 6 heteroatoms. The first-order valence-corrected chi connectivity index (χ1v) is 10.1. The first-order valence-electron chi connectivity index (χ1n) is 9.16. The summed E-state index contributed by atoms with van der Waals surface area (Å²) in [7, 11) is 0. The number of halogens is 1. The van der Waals surface area contributed by atoms with Crippen molar-refractivity contribution < 1.29 is 23.5 Å². The zero-order valence-electron chi connectivity index (χ0n) is 16.1. The maximum absolute atomic E-state index is 14.6. The van der Waals surface area contributed by atoms with Gasteiger partial charge in [0.25, 0.3) is 0 Å². The molecule has 2 aromatic rings. The second-order valence-corrected chi connectivity index (χ2v) is 8.65. The maximum Gasteiger partial charge on any atom is 0.338 e. The summed E-state index contributed by atoms with van der Waals surface area (Å²) >= 11 is 1.33. The average Bonchev–Trinajstić information content (AvgIpc) is 2.95. The molecule has 3 rings (SSSR count). The Balaban J connectivity index is 1.63. The number of aryl methyl sites for hydroxylation is 2. The van der Waals surface area contributed by atoms with Crippen molar-refractivity contribution in [2.75, 3.05) is 6.61 Å². The minimum atomic E-state index is -1.32. The molecule has 4 nitrogen and oxygen atoms in total. The lowest BCUT2D eigenvalue weighted by atomic mass is 10.1. The van der Waals surface area contributed by atoms with Crippen molar-refractivity contribution in [3.8, 4) is 0 Å². The third-order valence-corrected chi connectivity index (χ3v) is 6.16. The Morgan fingerprint density at radius 2 is 1.43 bits per heavy atom. The van der Waals surface area contributed by atoms with Gasteiger partial charge in [-0.15, -0.1) is 11.8 Å². The Morgan fingerprint density at radius 3 is 1.96 bits per heavy atom. The lowest BCUT2D eigenvalue weighted by Gasteiger charge is -2.21. The fourth-order valence-corrected chi connectivity index (χ4v) is 4.35. The molecule has 148 valence electrons. The Kier molecular flexibility index (Phi) is 6.39. The van der Waals surface area contributed by atoms with Crippen LogP contribution in [0.5, 0.6) is 0 Å². The van der Waals surface area contributed by atoms with E-state index in [4.69, 9.17) is 9.47 Å². The normalized spacial score (nSPS) is 24.0. The first kappa shape index (κ1) is 20.4. The van der Waals surface area contributed by atoms with Crippen molar-refractivity contribution >= 4 is 23.7 Å².